The molecule has 1 aromatic carbocycles. The van der Waals surface area contributed by atoms with Gasteiger partial charge in [0.15, 0.2) is 0 Å². The lowest BCUT2D eigenvalue weighted by molar-refractivity contribution is 0.511. The van der Waals surface area contributed by atoms with Gasteiger partial charge < -0.3 is 5.32 Å². The minimum Gasteiger partial charge on any atom is -0.310 e. The van der Waals surface area contributed by atoms with E-state index in [1.165, 1.54) is 9.13 Å². The maximum atomic E-state index is 5.93. The van der Waals surface area contributed by atoms with Crippen molar-refractivity contribution in [2.45, 2.75) is 38.2 Å². The van der Waals surface area contributed by atoms with Gasteiger partial charge in [-0.25, -0.2) is 0 Å². The van der Waals surface area contributed by atoms with Crippen LogP contribution in [0.3, 0.4) is 0 Å². The molecule has 15 heavy (non-hydrogen) atoms. The second kappa shape index (κ2) is 6.71. The van der Waals surface area contributed by atoms with Crippen molar-refractivity contribution in [2.75, 3.05) is 0 Å². The number of halogens is 2. The third-order valence-electron chi connectivity index (χ3n) is 2.25. The fourth-order valence-electron chi connectivity index (χ4n) is 1.46. The standard InChI is InChI=1S/C12H17ClIN/c1-9(13)7-10(2)15-8-11-3-5-12(14)6-4-11/h3-6,9-10,15H,7-8H2,1-2H3. The Bertz CT molecular complexity index is 284. The average Bonchev–Trinajstić information content (AvgIpc) is 2.16. The van der Waals surface area contributed by atoms with Crippen LogP contribution in [0.2, 0.25) is 0 Å². The van der Waals surface area contributed by atoms with Crippen LogP contribution in [0.25, 0.3) is 0 Å². The van der Waals surface area contributed by atoms with Gasteiger partial charge in [0.2, 0.25) is 0 Å². The number of benzene rings is 1. The predicted molar refractivity (Wildman–Crippen MR) is 75.4 cm³/mol. The largest absolute Gasteiger partial charge is 0.310 e. The van der Waals surface area contributed by atoms with Crippen LogP contribution in [0.4, 0.5) is 0 Å². The van der Waals surface area contributed by atoms with E-state index < -0.39 is 0 Å². The first-order valence-electron chi connectivity index (χ1n) is 5.20. The molecule has 0 radical (unpaired) electrons. The summed E-state index contributed by atoms with van der Waals surface area (Å²) in [5.74, 6) is 0. The van der Waals surface area contributed by atoms with E-state index in [1.807, 2.05) is 6.92 Å². The number of hydrogen-bond acceptors (Lipinski definition) is 1. The number of alkyl halides is 1. The van der Waals surface area contributed by atoms with Crippen molar-refractivity contribution >= 4 is 34.2 Å². The molecule has 0 amide bonds. The van der Waals surface area contributed by atoms with E-state index in [0.717, 1.165) is 13.0 Å². The molecule has 0 aliphatic carbocycles. The second-order valence-electron chi connectivity index (χ2n) is 3.92. The first-order chi connectivity index (χ1) is 7.08. The van der Waals surface area contributed by atoms with Crippen molar-refractivity contribution in [3.8, 4) is 0 Å². The molecule has 0 aliphatic heterocycles. The molecule has 2 unspecified atom stereocenters. The van der Waals surface area contributed by atoms with Crippen LogP contribution in [0, 0.1) is 3.57 Å². The molecule has 0 saturated carbocycles. The van der Waals surface area contributed by atoms with Gasteiger partial charge in [0.05, 0.1) is 0 Å². The van der Waals surface area contributed by atoms with Gasteiger partial charge in [0.1, 0.15) is 0 Å². The highest BCUT2D eigenvalue weighted by molar-refractivity contribution is 14.1. The van der Waals surface area contributed by atoms with Gasteiger partial charge in [-0.15, -0.1) is 11.6 Å². The lowest BCUT2D eigenvalue weighted by atomic mass is 10.1. The second-order valence-corrected chi connectivity index (χ2v) is 5.92. The SMILES string of the molecule is CC(Cl)CC(C)NCc1ccc(I)cc1. The molecule has 0 fully saturated rings. The molecule has 0 spiro atoms. The van der Waals surface area contributed by atoms with Crippen LogP contribution in [-0.2, 0) is 6.54 Å². The van der Waals surface area contributed by atoms with Crippen LogP contribution in [0.1, 0.15) is 25.8 Å². The topological polar surface area (TPSA) is 12.0 Å². The maximum absolute atomic E-state index is 5.93. The van der Waals surface area contributed by atoms with Crippen LogP contribution in [-0.4, -0.2) is 11.4 Å². The smallest absolute Gasteiger partial charge is 0.0322 e. The monoisotopic (exact) mass is 337 g/mol. The molecule has 0 aromatic heterocycles. The molecule has 0 bridgehead atoms. The molecule has 84 valence electrons. The molecule has 0 saturated heterocycles. The van der Waals surface area contributed by atoms with Crippen molar-refractivity contribution in [3.63, 3.8) is 0 Å². The zero-order valence-corrected chi connectivity index (χ0v) is 12.0. The van der Waals surface area contributed by atoms with Crippen molar-refractivity contribution in [1.29, 1.82) is 0 Å². The van der Waals surface area contributed by atoms with E-state index in [-0.39, 0.29) is 5.38 Å². The Morgan fingerprint density at radius 3 is 2.40 bits per heavy atom. The average molecular weight is 338 g/mol. The minimum absolute atomic E-state index is 0.240. The highest BCUT2D eigenvalue weighted by Gasteiger charge is 2.05. The van der Waals surface area contributed by atoms with E-state index in [1.54, 1.807) is 0 Å². The maximum Gasteiger partial charge on any atom is 0.0322 e. The molecule has 1 aromatic rings. The van der Waals surface area contributed by atoms with Crippen molar-refractivity contribution in [1.82, 2.24) is 5.32 Å². The normalized spacial score (nSPS) is 14.9. The van der Waals surface area contributed by atoms with Gasteiger partial charge >= 0.3 is 0 Å². The van der Waals surface area contributed by atoms with Gasteiger partial charge in [-0.3, -0.25) is 0 Å². The Morgan fingerprint density at radius 2 is 1.87 bits per heavy atom. The summed E-state index contributed by atoms with van der Waals surface area (Å²) in [5, 5.41) is 3.70. The number of rotatable bonds is 5. The van der Waals surface area contributed by atoms with Gasteiger partial charge in [-0.05, 0) is 60.6 Å². The molecule has 2 atom stereocenters. The molecule has 0 aliphatic rings. The highest BCUT2D eigenvalue weighted by atomic mass is 127. The Kier molecular flexibility index (Phi) is 5.94. The molecule has 1 nitrogen and oxygen atoms in total. The molecule has 0 heterocycles. The molecular formula is C12H17ClIN. The van der Waals surface area contributed by atoms with Crippen molar-refractivity contribution in [3.05, 3.63) is 33.4 Å². The van der Waals surface area contributed by atoms with E-state index in [0.29, 0.717) is 6.04 Å². The fraction of sp³-hybridized carbons (Fsp3) is 0.500. The Labute approximate surface area is 111 Å². The lowest BCUT2D eigenvalue weighted by Gasteiger charge is -2.14. The molecular weight excluding hydrogens is 320 g/mol. The zero-order valence-electron chi connectivity index (χ0n) is 9.13. The van der Waals surface area contributed by atoms with Crippen LogP contribution < -0.4 is 5.32 Å². The van der Waals surface area contributed by atoms with Crippen LogP contribution in [0.15, 0.2) is 24.3 Å². The van der Waals surface area contributed by atoms with E-state index >= 15 is 0 Å². The summed E-state index contributed by atoms with van der Waals surface area (Å²) in [6, 6.07) is 9.05. The molecule has 3 heteroatoms. The van der Waals surface area contributed by atoms with Crippen molar-refractivity contribution in [2.24, 2.45) is 0 Å². The summed E-state index contributed by atoms with van der Waals surface area (Å²) in [4.78, 5) is 0. The summed E-state index contributed by atoms with van der Waals surface area (Å²) in [6.45, 7) is 5.12. The summed E-state index contributed by atoms with van der Waals surface area (Å²) in [7, 11) is 0. The number of nitrogens with one attached hydrogen (secondary N) is 1. The van der Waals surface area contributed by atoms with Gasteiger partial charge in [-0.2, -0.15) is 0 Å². The Balaban J connectivity index is 2.33. The van der Waals surface area contributed by atoms with Gasteiger partial charge in [0.25, 0.3) is 0 Å². The van der Waals surface area contributed by atoms with E-state index in [4.69, 9.17) is 11.6 Å². The van der Waals surface area contributed by atoms with Gasteiger partial charge in [0, 0.05) is 21.5 Å². The highest BCUT2D eigenvalue weighted by Crippen LogP contribution is 2.08. The minimum atomic E-state index is 0.240. The third kappa shape index (κ3) is 5.73. The summed E-state index contributed by atoms with van der Waals surface area (Å²) in [5.41, 5.74) is 1.32. The van der Waals surface area contributed by atoms with E-state index in [9.17, 15) is 0 Å². The lowest BCUT2D eigenvalue weighted by Crippen LogP contribution is -2.27. The Morgan fingerprint density at radius 1 is 1.27 bits per heavy atom. The third-order valence-corrected chi connectivity index (χ3v) is 3.14. The first kappa shape index (κ1) is 13.3. The van der Waals surface area contributed by atoms with Crippen LogP contribution >= 0.6 is 34.2 Å². The summed E-state index contributed by atoms with van der Waals surface area (Å²) < 4.78 is 1.28. The number of hydrogen-bond donors (Lipinski definition) is 1. The molecule has 1 rings (SSSR count). The van der Waals surface area contributed by atoms with Gasteiger partial charge in [-0.1, -0.05) is 12.1 Å². The summed E-state index contributed by atoms with van der Waals surface area (Å²) in [6.07, 6.45) is 1.01. The quantitative estimate of drug-likeness (QED) is 0.637. The predicted octanol–water partition coefficient (Wildman–Crippen LogP) is 3.79. The molecule has 1 N–H and O–H groups in total. The first-order valence-corrected chi connectivity index (χ1v) is 6.71. The van der Waals surface area contributed by atoms with Crippen molar-refractivity contribution < 1.29 is 0 Å². The Hall–Kier alpha value is 0.200. The summed E-state index contributed by atoms with van der Waals surface area (Å²) >= 11 is 8.25. The van der Waals surface area contributed by atoms with E-state index in [2.05, 4.69) is 59.1 Å². The fourth-order valence-corrected chi connectivity index (χ4v) is 2.09. The van der Waals surface area contributed by atoms with Crippen LogP contribution in [0.5, 0.6) is 0 Å². The zero-order chi connectivity index (χ0) is 11.3.